The minimum Gasteiger partial charge on any atom is -0.475 e. The van der Waals surface area contributed by atoms with Crippen LogP contribution in [-0.4, -0.2) is 16.1 Å². The van der Waals surface area contributed by atoms with Crippen LogP contribution in [0.1, 0.15) is 32.4 Å². The van der Waals surface area contributed by atoms with Crippen LogP contribution < -0.4 is 15.8 Å². The summed E-state index contributed by atoms with van der Waals surface area (Å²) in [5.41, 5.74) is 7.59. The van der Waals surface area contributed by atoms with Crippen LogP contribution in [0.2, 0.25) is 0 Å². The van der Waals surface area contributed by atoms with Crippen LogP contribution >= 0.6 is 0 Å². The molecular weight excluding hydrogens is 252 g/mol. The van der Waals surface area contributed by atoms with E-state index in [0.29, 0.717) is 5.88 Å². The quantitative estimate of drug-likeness (QED) is 0.818. The van der Waals surface area contributed by atoms with Crippen molar-refractivity contribution in [1.82, 2.24) is 9.97 Å². The van der Waals surface area contributed by atoms with E-state index in [1.165, 1.54) is 6.33 Å². The zero-order valence-corrected chi connectivity index (χ0v) is 12.0. The van der Waals surface area contributed by atoms with Gasteiger partial charge in [-0.05, 0) is 38.5 Å². The first kappa shape index (κ1) is 14.1. The Morgan fingerprint density at radius 3 is 2.45 bits per heavy atom. The maximum atomic E-state index is 5.69. The van der Waals surface area contributed by atoms with Crippen molar-refractivity contribution in [3.63, 3.8) is 0 Å². The first-order chi connectivity index (χ1) is 9.54. The molecule has 2 aromatic rings. The van der Waals surface area contributed by atoms with E-state index in [4.69, 9.17) is 10.5 Å². The number of rotatable bonds is 5. The van der Waals surface area contributed by atoms with Gasteiger partial charge in [0, 0.05) is 17.8 Å². The summed E-state index contributed by atoms with van der Waals surface area (Å²) in [5, 5.41) is 3.32. The number of benzene rings is 1. The van der Waals surface area contributed by atoms with Gasteiger partial charge in [0.15, 0.2) is 0 Å². The number of hydrogen-bond donors (Lipinski definition) is 2. The van der Waals surface area contributed by atoms with E-state index in [9.17, 15) is 0 Å². The molecule has 5 nitrogen and oxygen atoms in total. The number of nitrogens with two attached hydrogens (primary N) is 1. The Balaban J connectivity index is 2.07. The SMILES string of the molecule is CC(C)Oc1cc(NC(C)c2ccc(N)cc2)ncn1. The standard InChI is InChI=1S/C15H20N4O/c1-10(2)20-15-8-14(17-9-18-15)19-11(3)12-4-6-13(16)7-5-12/h4-11H,16H2,1-3H3,(H,17,18,19). The molecule has 0 fully saturated rings. The van der Waals surface area contributed by atoms with E-state index < -0.39 is 0 Å². The van der Waals surface area contributed by atoms with Crippen molar-refractivity contribution >= 4 is 11.5 Å². The Labute approximate surface area is 119 Å². The van der Waals surface area contributed by atoms with Crippen LogP contribution in [0.5, 0.6) is 5.88 Å². The van der Waals surface area contributed by atoms with Gasteiger partial charge in [0.05, 0.1) is 6.10 Å². The third-order valence-electron chi connectivity index (χ3n) is 2.80. The number of nitrogens with zero attached hydrogens (tertiary/aromatic N) is 2. The Morgan fingerprint density at radius 2 is 1.80 bits per heavy atom. The largest absolute Gasteiger partial charge is 0.475 e. The van der Waals surface area contributed by atoms with Crippen molar-refractivity contribution < 1.29 is 4.74 Å². The number of ether oxygens (including phenoxy) is 1. The Kier molecular flexibility index (Phi) is 4.40. The van der Waals surface area contributed by atoms with Gasteiger partial charge >= 0.3 is 0 Å². The van der Waals surface area contributed by atoms with Crippen LogP contribution in [0.15, 0.2) is 36.7 Å². The lowest BCUT2D eigenvalue weighted by Gasteiger charge is -2.16. The fraction of sp³-hybridized carbons (Fsp3) is 0.333. The Hall–Kier alpha value is -2.30. The topological polar surface area (TPSA) is 73.1 Å². The summed E-state index contributed by atoms with van der Waals surface area (Å²) in [4.78, 5) is 8.28. The number of aromatic nitrogens is 2. The van der Waals surface area contributed by atoms with Crippen LogP contribution in [0.25, 0.3) is 0 Å². The molecule has 1 heterocycles. The van der Waals surface area contributed by atoms with E-state index in [0.717, 1.165) is 17.1 Å². The van der Waals surface area contributed by atoms with Gasteiger partial charge in [0.1, 0.15) is 12.1 Å². The molecule has 1 unspecified atom stereocenters. The average Bonchev–Trinajstić information content (AvgIpc) is 2.39. The summed E-state index contributed by atoms with van der Waals surface area (Å²) in [6.45, 7) is 6.00. The smallest absolute Gasteiger partial charge is 0.218 e. The summed E-state index contributed by atoms with van der Waals surface area (Å²) in [6.07, 6.45) is 1.59. The molecule has 0 saturated carbocycles. The van der Waals surface area contributed by atoms with E-state index in [-0.39, 0.29) is 12.1 Å². The first-order valence-corrected chi connectivity index (χ1v) is 6.65. The highest BCUT2D eigenvalue weighted by Crippen LogP contribution is 2.20. The van der Waals surface area contributed by atoms with Crippen molar-refractivity contribution in [3.05, 3.63) is 42.2 Å². The first-order valence-electron chi connectivity index (χ1n) is 6.65. The molecule has 106 valence electrons. The van der Waals surface area contributed by atoms with Gasteiger partial charge in [-0.15, -0.1) is 0 Å². The fourth-order valence-corrected chi connectivity index (χ4v) is 1.81. The molecule has 5 heteroatoms. The van der Waals surface area contributed by atoms with E-state index in [1.54, 1.807) is 6.07 Å². The summed E-state index contributed by atoms with van der Waals surface area (Å²) in [6, 6.07) is 9.70. The number of nitrogen functional groups attached to an aromatic ring is 1. The molecule has 20 heavy (non-hydrogen) atoms. The lowest BCUT2D eigenvalue weighted by Crippen LogP contribution is -2.10. The number of anilines is 2. The van der Waals surface area contributed by atoms with Crippen molar-refractivity contribution in [1.29, 1.82) is 0 Å². The molecule has 0 radical (unpaired) electrons. The predicted molar refractivity (Wildman–Crippen MR) is 80.7 cm³/mol. The molecule has 3 N–H and O–H groups in total. The molecule has 0 saturated heterocycles. The lowest BCUT2D eigenvalue weighted by molar-refractivity contribution is 0.232. The fourth-order valence-electron chi connectivity index (χ4n) is 1.81. The van der Waals surface area contributed by atoms with Crippen molar-refractivity contribution in [2.24, 2.45) is 0 Å². The average molecular weight is 272 g/mol. The van der Waals surface area contributed by atoms with Crippen LogP contribution in [0.4, 0.5) is 11.5 Å². The zero-order valence-electron chi connectivity index (χ0n) is 12.0. The van der Waals surface area contributed by atoms with Gasteiger partial charge in [0.2, 0.25) is 5.88 Å². The second kappa shape index (κ2) is 6.23. The second-order valence-corrected chi connectivity index (χ2v) is 4.94. The molecule has 0 spiro atoms. The van der Waals surface area contributed by atoms with Gasteiger partial charge in [0.25, 0.3) is 0 Å². The van der Waals surface area contributed by atoms with Gasteiger partial charge in [-0.25, -0.2) is 9.97 Å². The number of nitrogens with one attached hydrogen (secondary N) is 1. The van der Waals surface area contributed by atoms with Gasteiger partial charge < -0.3 is 15.8 Å². The second-order valence-electron chi connectivity index (χ2n) is 4.94. The summed E-state index contributed by atoms with van der Waals surface area (Å²) < 4.78 is 5.55. The monoisotopic (exact) mass is 272 g/mol. The van der Waals surface area contributed by atoms with Crippen molar-refractivity contribution in [2.75, 3.05) is 11.1 Å². The maximum absolute atomic E-state index is 5.69. The molecule has 0 bridgehead atoms. The summed E-state index contributed by atoms with van der Waals surface area (Å²) in [7, 11) is 0. The predicted octanol–water partition coefficient (Wildman–Crippen LogP) is 3.02. The molecule has 0 aliphatic heterocycles. The summed E-state index contributed by atoms with van der Waals surface area (Å²) in [5.74, 6) is 1.31. The third-order valence-corrected chi connectivity index (χ3v) is 2.80. The zero-order chi connectivity index (χ0) is 14.5. The Morgan fingerprint density at radius 1 is 1.10 bits per heavy atom. The van der Waals surface area contributed by atoms with Crippen LogP contribution in [-0.2, 0) is 0 Å². The minimum absolute atomic E-state index is 0.0901. The molecule has 1 aromatic heterocycles. The third kappa shape index (κ3) is 3.85. The van der Waals surface area contributed by atoms with Crippen LogP contribution in [0, 0.1) is 0 Å². The molecule has 2 rings (SSSR count). The molecule has 1 aromatic carbocycles. The Bertz CT molecular complexity index is 554. The summed E-state index contributed by atoms with van der Waals surface area (Å²) >= 11 is 0. The van der Waals surface area contributed by atoms with Gasteiger partial charge in [-0.3, -0.25) is 0 Å². The lowest BCUT2D eigenvalue weighted by atomic mass is 10.1. The van der Waals surface area contributed by atoms with E-state index in [1.807, 2.05) is 38.1 Å². The van der Waals surface area contributed by atoms with E-state index >= 15 is 0 Å². The highest BCUT2D eigenvalue weighted by molar-refractivity contribution is 5.44. The highest BCUT2D eigenvalue weighted by Gasteiger charge is 2.07. The van der Waals surface area contributed by atoms with E-state index in [2.05, 4.69) is 22.2 Å². The molecule has 1 atom stereocenters. The maximum Gasteiger partial charge on any atom is 0.218 e. The molecule has 0 amide bonds. The van der Waals surface area contributed by atoms with Crippen molar-refractivity contribution in [2.45, 2.75) is 32.9 Å². The normalized spacial score (nSPS) is 12.2. The molecule has 0 aliphatic rings. The van der Waals surface area contributed by atoms with Crippen molar-refractivity contribution in [3.8, 4) is 5.88 Å². The van der Waals surface area contributed by atoms with Crippen LogP contribution in [0.3, 0.4) is 0 Å². The minimum atomic E-state index is 0.0901. The molecular formula is C15H20N4O. The van der Waals surface area contributed by atoms with Gasteiger partial charge in [-0.2, -0.15) is 0 Å². The molecule has 0 aliphatic carbocycles. The van der Waals surface area contributed by atoms with Gasteiger partial charge in [-0.1, -0.05) is 12.1 Å². The highest BCUT2D eigenvalue weighted by atomic mass is 16.5. The number of hydrogen-bond acceptors (Lipinski definition) is 5.